The second-order valence-electron chi connectivity index (χ2n) is 5.46. The van der Waals surface area contributed by atoms with Crippen molar-refractivity contribution in [2.24, 2.45) is 0 Å². The predicted octanol–water partition coefficient (Wildman–Crippen LogP) is 2.49. The van der Waals surface area contributed by atoms with E-state index in [2.05, 4.69) is 10.4 Å². The number of halogens is 1. The quantitative estimate of drug-likeness (QED) is 0.750. The monoisotopic (exact) mass is 311 g/mol. The van der Waals surface area contributed by atoms with Gasteiger partial charge in [-0.15, -0.1) is 11.6 Å². The smallest absolute Gasteiger partial charge is 0.247 e. The number of rotatable bonds is 8. The van der Waals surface area contributed by atoms with Crippen molar-refractivity contribution < 1.29 is 9.59 Å². The lowest BCUT2D eigenvalue weighted by atomic mass is 10.1. The van der Waals surface area contributed by atoms with Crippen molar-refractivity contribution in [2.75, 3.05) is 12.9 Å². The second kappa shape index (κ2) is 7.59. The van der Waals surface area contributed by atoms with Gasteiger partial charge in [0, 0.05) is 31.7 Å². The highest BCUT2D eigenvalue weighted by Gasteiger charge is 2.29. The van der Waals surface area contributed by atoms with Crippen LogP contribution in [-0.4, -0.2) is 34.5 Å². The maximum Gasteiger partial charge on any atom is 0.247 e. The summed E-state index contributed by atoms with van der Waals surface area (Å²) in [6.45, 7) is 0. The molecule has 1 amide bonds. The zero-order valence-electron chi connectivity index (χ0n) is 12.4. The molecule has 0 spiro atoms. The van der Waals surface area contributed by atoms with Crippen molar-refractivity contribution in [3.05, 3.63) is 17.5 Å². The third kappa shape index (κ3) is 4.56. The molecule has 21 heavy (non-hydrogen) atoms. The molecule has 1 saturated carbocycles. The van der Waals surface area contributed by atoms with Gasteiger partial charge in [0.1, 0.15) is 0 Å². The van der Waals surface area contributed by atoms with Gasteiger partial charge in [0.2, 0.25) is 11.8 Å². The number of alkyl halides is 1. The zero-order valence-corrected chi connectivity index (χ0v) is 13.2. The van der Waals surface area contributed by atoms with Crippen LogP contribution >= 0.6 is 11.6 Å². The van der Waals surface area contributed by atoms with Crippen LogP contribution in [0.5, 0.6) is 0 Å². The summed E-state index contributed by atoms with van der Waals surface area (Å²) < 4.78 is 1.57. The average molecular weight is 312 g/mol. The minimum Gasteiger partial charge on any atom is -0.359 e. The molecule has 5 nitrogen and oxygen atoms in total. The molecular formula is C15H22ClN3O2. The van der Waals surface area contributed by atoms with Gasteiger partial charge in [0.05, 0.1) is 11.4 Å². The molecule has 1 heterocycles. The van der Waals surface area contributed by atoms with Crippen molar-refractivity contribution in [3.63, 3.8) is 0 Å². The second-order valence-corrected chi connectivity index (χ2v) is 5.84. The molecular weight excluding hydrogens is 290 g/mol. The first-order chi connectivity index (χ1) is 10.2. The maximum absolute atomic E-state index is 12.2. The van der Waals surface area contributed by atoms with Crippen molar-refractivity contribution >= 4 is 23.4 Å². The Labute approximate surface area is 130 Å². The number of nitrogens with zero attached hydrogens (tertiary/aromatic N) is 2. The molecule has 1 aromatic rings. The molecule has 1 fully saturated rings. The Hall–Kier alpha value is -1.36. The summed E-state index contributed by atoms with van der Waals surface area (Å²) in [7, 11) is 1.64. The molecule has 0 saturated heterocycles. The highest BCUT2D eigenvalue weighted by molar-refractivity contribution is 6.17. The number of aromatic nitrogens is 2. The summed E-state index contributed by atoms with van der Waals surface area (Å²) in [6.07, 6.45) is 5.33. The molecule has 0 unspecified atom stereocenters. The zero-order chi connectivity index (χ0) is 15.2. The third-order valence-electron chi connectivity index (χ3n) is 3.66. The predicted molar refractivity (Wildman–Crippen MR) is 81.8 cm³/mol. The number of aryl methyl sites for hydroxylation is 1. The van der Waals surface area contributed by atoms with E-state index in [-0.39, 0.29) is 11.8 Å². The molecule has 1 aromatic heterocycles. The van der Waals surface area contributed by atoms with E-state index in [1.165, 1.54) is 0 Å². The third-order valence-corrected chi connectivity index (χ3v) is 3.93. The minimum atomic E-state index is 0.0232. The highest BCUT2D eigenvalue weighted by atomic mass is 35.5. The minimum absolute atomic E-state index is 0.0232. The van der Waals surface area contributed by atoms with E-state index in [0.29, 0.717) is 31.1 Å². The number of amides is 1. The van der Waals surface area contributed by atoms with Gasteiger partial charge in [0.25, 0.3) is 0 Å². The Bertz CT molecular complexity index is 509. The van der Waals surface area contributed by atoms with E-state index in [9.17, 15) is 9.59 Å². The standard InChI is InChI=1S/C15H22ClN3O2/c1-17-14(20)5-2-4-12-10-13(11-7-8-11)19(18-12)15(21)6-3-9-16/h10-11H,2-9H2,1H3,(H,17,20). The van der Waals surface area contributed by atoms with Gasteiger partial charge in [-0.05, 0) is 38.2 Å². The van der Waals surface area contributed by atoms with E-state index in [1.54, 1.807) is 11.7 Å². The number of hydrogen-bond acceptors (Lipinski definition) is 3. The van der Waals surface area contributed by atoms with Crippen LogP contribution in [0, 0.1) is 0 Å². The Morgan fingerprint density at radius 1 is 1.38 bits per heavy atom. The summed E-state index contributed by atoms with van der Waals surface area (Å²) >= 11 is 5.65. The number of carbonyl (C=O) groups is 2. The molecule has 0 aromatic carbocycles. The van der Waals surface area contributed by atoms with Crippen LogP contribution < -0.4 is 5.32 Å². The van der Waals surface area contributed by atoms with E-state index in [4.69, 9.17) is 11.6 Å². The number of hydrogen-bond donors (Lipinski definition) is 1. The fraction of sp³-hybridized carbons (Fsp3) is 0.667. The molecule has 0 atom stereocenters. The first-order valence-corrected chi connectivity index (χ1v) is 8.07. The van der Waals surface area contributed by atoms with Crippen LogP contribution in [0.1, 0.15) is 60.6 Å². The maximum atomic E-state index is 12.2. The SMILES string of the molecule is CNC(=O)CCCc1cc(C2CC2)n(C(=O)CCCCl)n1. The van der Waals surface area contributed by atoms with Gasteiger partial charge >= 0.3 is 0 Å². The Kier molecular flexibility index (Phi) is 5.79. The fourth-order valence-corrected chi connectivity index (χ4v) is 2.45. The molecule has 2 rings (SSSR count). The van der Waals surface area contributed by atoms with E-state index >= 15 is 0 Å². The van der Waals surface area contributed by atoms with Gasteiger partial charge < -0.3 is 5.32 Å². The molecule has 1 aliphatic rings. The average Bonchev–Trinajstić information content (AvgIpc) is 3.25. The number of carbonyl (C=O) groups excluding carboxylic acids is 2. The van der Waals surface area contributed by atoms with Gasteiger partial charge in [-0.1, -0.05) is 0 Å². The van der Waals surface area contributed by atoms with E-state index in [1.807, 2.05) is 6.07 Å². The summed E-state index contributed by atoms with van der Waals surface area (Å²) in [6, 6.07) is 2.03. The van der Waals surface area contributed by atoms with Gasteiger partial charge in [0.15, 0.2) is 0 Å². The summed E-state index contributed by atoms with van der Waals surface area (Å²) in [5.74, 6) is 1.03. The summed E-state index contributed by atoms with van der Waals surface area (Å²) in [5, 5.41) is 7.05. The Balaban J connectivity index is 1.99. The lowest BCUT2D eigenvalue weighted by Gasteiger charge is -2.03. The molecule has 6 heteroatoms. The highest BCUT2D eigenvalue weighted by Crippen LogP contribution is 2.40. The first-order valence-electron chi connectivity index (χ1n) is 7.54. The van der Waals surface area contributed by atoms with Gasteiger partial charge in [-0.3, -0.25) is 9.59 Å². The Morgan fingerprint density at radius 2 is 2.14 bits per heavy atom. The van der Waals surface area contributed by atoms with Crippen molar-refractivity contribution in [2.45, 2.75) is 50.9 Å². The van der Waals surface area contributed by atoms with Crippen LogP contribution in [-0.2, 0) is 11.2 Å². The number of nitrogens with one attached hydrogen (secondary N) is 1. The van der Waals surface area contributed by atoms with Crippen molar-refractivity contribution in [1.82, 2.24) is 15.1 Å². The van der Waals surface area contributed by atoms with Gasteiger partial charge in [-0.2, -0.15) is 5.10 Å². The topological polar surface area (TPSA) is 64.0 Å². The molecule has 116 valence electrons. The van der Waals surface area contributed by atoms with E-state index in [0.717, 1.165) is 37.1 Å². The lowest BCUT2D eigenvalue weighted by Crippen LogP contribution is -2.17. The van der Waals surface area contributed by atoms with Crippen molar-refractivity contribution in [3.8, 4) is 0 Å². The molecule has 0 radical (unpaired) electrons. The first kappa shape index (κ1) is 16.0. The Morgan fingerprint density at radius 3 is 2.76 bits per heavy atom. The van der Waals surface area contributed by atoms with Crippen LogP contribution in [0.25, 0.3) is 0 Å². The van der Waals surface area contributed by atoms with Gasteiger partial charge in [-0.25, -0.2) is 4.68 Å². The fourth-order valence-electron chi connectivity index (χ4n) is 2.32. The molecule has 1 aliphatic carbocycles. The molecule has 1 N–H and O–H groups in total. The van der Waals surface area contributed by atoms with E-state index < -0.39 is 0 Å². The molecule has 0 bridgehead atoms. The summed E-state index contributed by atoms with van der Waals surface area (Å²) in [4.78, 5) is 23.4. The van der Waals surface area contributed by atoms with Crippen LogP contribution in [0.15, 0.2) is 6.07 Å². The van der Waals surface area contributed by atoms with Crippen molar-refractivity contribution in [1.29, 1.82) is 0 Å². The lowest BCUT2D eigenvalue weighted by molar-refractivity contribution is -0.120. The molecule has 0 aliphatic heterocycles. The summed E-state index contributed by atoms with van der Waals surface area (Å²) in [5.41, 5.74) is 1.93. The van der Waals surface area contributed by atoms with Crippen LogP contribution in [0.3, 0.4) is 0 Å². The largest absolute Gasteiger partial charge is 0.359 e. The van der Waals surface area contributed by atoms with Crippen LogP contribution in [0.4, 0.5) is 0 Å². The van der Waals surface area contributed by atoms with Crippen LogP contribution in [0.2, 0.25) is 0 Å². The normalized spacial score (nSPS) is 14.2.